The van der Waals surface area contributed by atoms with Gasteiger partial charge in [0.15, 0.2) is 0 Å². The highest BCUT2D eigenvalue weighted by atomic mass is 35.5. The summed E-state index contributed by atoms with van der Waals surface area (Å²) in [5.41, 5.74) is -0.306. The summed E-state index contributed by atoms with van der Waals surface area (Å²) in [5.74, 6) is 0. The highest BCUT2D eigenvalue weighted by Gasteiger charge is 2.03. The van der Waals surface area contributed by atoms with E-state index in [1.165, 1.54) is 24.8 Å². The van der Waals surface area contributed by atoms with Crippen LogP contribution in [0.5, 0.6) is 0 Å². The Bertz CT molecular complexity index is 548. The predicted octanol–water partition coefficient (Wildman–Crippen LogP) is -0.0580. The maximum Gasteiger partial charge on any atom is 0.325 e. The second-order valence-electron chi connectivity index (χ2n) is 2.58. The smallest absolute Gasteiger partial charge is 0.313 e. The molecule has 2 aromatic heterocycles. The Labute approximate surface area is 89.8 Å². The first-order valence-corrected chi connectivity index (χ1v) is 3.86. The van der Waals surface area contributed by atoms with Crippen molar-refractivity contribution in [1.29, 1.82) is 0 Å². The minimum Gasteiger partial charge on any atom is -0.313 e. The Kier molecular flexibility index (Phi) is 3.35. The second-order valence-corrected chi connectivity index (χ2v) is 2.58. The van der Waals surface area contributed by atoms with Gasteiger partial charge in [0.2, 0.25) is 0 Å². The maximum absolute atomic E-state index is 11.3. The summed E-state index contributed by atoms with van der Waals surface area (Å²) in [4.78, 5) is 34.2. The fraction of sp³-hybridized carbons (Fsp3) is 0. The fourth-order valence-corrected chi connectivity index (χ4v) is 1.04. The van der Waals surface area contributed by atoms with Gasteiger partial charge in [0.1, 0.15) is 0 Å². The van der Waals surface area contributed by atoms with Gasteiger partial charge in [-0.1, -0.05) is 0 Å². The molecule has 0 aliphatic heterocycles. The maximum atomic E-state index is 11.3. The number of hydrogen-bond acceptors (Lipinski definition) is 4. The summed E-state index contributed by atoms with van der Waals surface area (Å²) in [6.45, 7) is 0. The number of nitrogens with one attached hydrogen (secondary N) is 2. The molecule has 0 atom stereocenters. The zero-order valence-corrected chi connectivity index (χ0v) is 8.25. The molecule has 0 saturated carbocycles. The quantitative estimate of drug-likeness (QED) is 0.713. The lowest BCUT2D eigenvalue weighted by Gasteiger charge is -1.95. The fourth-order valence-electron chi connectivity index (χ4n) is 1.04. The lowest BCUT2D eigenvalue weighted by Crippen LogP contribution is -2.22. The lowest BCUT2D eigenvalue weighted by molar-refractivity contribution is 1.03. The first-order chi connectivity index (χ1) is 6.77. The van der Waals surface area contributed by atoms with Gasteiger partial charge in [-0.05, 0) is 0 Å². The molecule has 0 aliphatic rings. The molecule has 78 valence electrons. The predicted molar refractivity (Wildman–Crippen MR) is 56.0 cm³/mol. The summed E-state index contributed by atoms with van der Waals surface area (Å²) >= 11 is 0. The Morgan fingerprint density at radius 2 is 2.00 bits per heavy atom. The molecule has 0 saturated heterocycles. The number of H-pyrrole nitrogens is 2. The van der Waals surface area contributed by atoms with Crippen molar-refractivity contribution in [2.45, 2.75) is 0 Å². The monoisotopic (exact) mass is 226 g/mol. The zero-order valence-electron chi connectivity index (χ0n) is 7.43. The van der Waals surface area contributed by atoms with Crippen molar-refractivity contribution in [3.05, 3.63) is 45.6 Å². The summed E-state index contributed by atoms with van der Waals surface area (Å²) in [6, 6.07) is 0. The average Bonchev–Trinajstić information content (AvgIpc) is 2.19. The molecule has 0 spiro atoms. The number of halogens is 1. The number of aromatic amines is 2. The summed E-state index contributed by atoms with van der Waals surface area (Å²) in [7, 11) is 0. The van der Waals surface area contributed by atoms with E-state index < -0.39 is 11.2 Å². The molecule has 0 bridgehead atoms. The van der Waals surface area contributed by atoms with Gasteiger partial charge in [-0.3, -0.25) is 19.7 Å². The van der Waals surface area contributed by atoms with E-state index in [9.17, 15) is 9.59 Å². The molecule has 2 aromatic rings. The Hall–Kier alpha value is -1.95. The van der Waals surface area contributed by atoms with E-state index in [2.05, 4.69) is 19.9 Å². The van der Waals surface area contributed by atoms with Gasteiger partial charge in [-0.15, -0.1) is 12.4 Å². The standard InChI is InChI=1S/C8H6N4O2.ClH/c13-7-5(3-11-8(14)12-7)6-4-9-1-2-10-6;/h1-4H,(H2,11,12,13,14);1H. The third-order valence-corrected chi connectivity index (χ3v) is 1.66. The van der Waals surface area contributed by atoms with Gasteiger partial charge in [0, 0.05) is 18.6 Å². The van der Waals surface area contributed by atoms with Gasteiger partial charge in [0.05, 0.1) is 17.5 Å². The Balaban J connectivity index is 0.00000112. The van der Waals surface area contributed by atoms with Crippen molar-refractivity contribution in [3.63, 3.8) is 0 Å². The third-order valence-electron chi connectivity index (χ3n) is 1.66. The lowest BCUT2D eigenvalue weighted by atomic mass is 10.2. The average molecular weight is 227 g/mol. The highest BCUT2D eigenvalue weighted by molar-refractivity contribution is 5.85. The van der Waals surface area contributed by atoms with Crippen LogP contribution in [0, 0.1) is 0 Å². The molecular weight excluding hydrogens is 220 g/mol. The van der Waals surface area contributed by atoms with E-state index >= 15 is 0 Å². The SMILES string of the molecule is Cl.O=c1[nH]cc(-c2cnccn2)c(=O)[nH]1. The topological polar surface area (TPSA) is 91.5 Å². The first-order valence-electron chi connectivity index (χ1n) is 3.86. The summed E-state index contributed by atoms with van der Waals surface area (Å²) in [5, 5.41) is 0. The largest absolute Gasteiger partial charge is 0.325 e. The van der Waals surface area contributed by atoms with Gasteiger partial charge in [0.25, 0.3) is 5.56 Å². The van der Waals surface area contributed by atoms with Crippen LogP contribution in [0.3, 0.4) is 0 Å². The third kappa shape index (κ3) is 2.29. The van der Waals surface area contributed by atoms with Gasteiger partial charge in [-0.25, -0.2) is 4.79 Å². The summed E-state index contributed by atoms with van der Waals surface area (Å²) in [6.07, 6.45) is 5.73. The van der Waals surface area contributed by atoms with Crippen molar-refractivity contribution >= 4 is 12.4 Å². The molecule has 0 fully saturated rings. The molecule has 0 aliphatic carbocycles. The number of rotatable bonds is 1. The van der Waals surface area contributed by atoms with Gasteiger partial charge in [-0.2, -0.15) is 0 Å². The molecular formula is C8H7ClN4O2. The van der Waals surface area contributed by atoms with E-state index in [1.54, 1.807) is 0 Å². The van der Waals surface area contributed by atoms with Crippen LogP contribution >= 0.6 is 12.4 Å². The van der Waals surface area contributed by atoms with Crippen LogP contribution in [0.4, 0.5) is 0 Å². The molecule has 2 N–H and O–H groups in total. The molecule has 7 heteroatoms. The highest BCUT2D eigenvalue weighted by Crippen LogP contribution is 2.05. The van der Waals surface area contributed by atoms with E-state index in [0.29, 0.717) is 5.69 Å². The van der Waals surface area contributed by atoms with Crippen molar-refractivity contribution in [3.8, 4) is 11.3 Å². The van der Waals surface area contributed by atoms with Crippen LogP contribution < -0.4 is 11.2 Å². The second kappa shape index (κ2) is 4.52. The zero-order chi connectivity index (χ0) is 9.97. The van der Waals surface area contributed by atoms with Crippen LogP contribution in [0.1, 0.15) is 0 Å². The number of aromatic nitrogens is 4. The molecule has 0 aromatic carbocycles. The molecule has 15 heavy (non-hydrogen) atoms. The molecule has 0 unspecified atom stereocenters. The van der Waals surface area contributed by atoms with Crippen molar-refractivity contribution in [1.82, 2.24) is 19.9 Å². The van der Waals surface area contributed by atoms with Crippen molar-refractivity contribution in [2.24, 2.45) is 0 Å². The normalized spacial score (nSPS) is 9.33. The van der Waals surface area contributed by atoms with Gasteiger partial charge < -0.3 is 4.98 Å². The van der Waals surface area contributed by atoms with Gasteiger partial charge >= 0.3 is 5.69 Å². The van der Waals surface area contributed by atoms with E-state index in [-0.39, 0.29) is 18.0 Å². The minimum absolute atomic E-state index is 0. The van der Waals surface area contributed by atoms with Crippen molar-refractivity contribution in [2.75, 3.05) is 0 Å². The van der Waals surface area contributed by atoms with Crippen LogP contribution in [0.15, 0.2) is 34.4 Å². The Morgan fingerprint density at radius 3 is 2.60 bits per heavy atom. The van der Waals surface area contributed by atoms with Crippen LogP contribution in [-0.2, 0) is 0 Å². The van der Waals surface area contributed by atoms with E-state index in [1.807, 2.05) is 0 Å². The van der Waals surface area contributed by atoms with Crippen LogP contribution in [-0.4, -0.2) is 19.9 Å². The minimum atomic E-state index is -0.539. The molecule has 2 rings (SSSR count). The van der Waals surface area contributed by atoms with Crippen LogP contribution in [0.25, 0.3) is 11.3 Å². The van der Waals surface area contributed by atoms with E-state index in [4.69, 9.17) is 0 Å². The molecule has 0 amide bonds. The molecule has 2 heterocycles. The Morgan fingerprint density at radius 1 is 1.20 bits per heavy atom. The van der Waals surface area contributed by atoms with Crippen LogP contribution in [0.2, 0.25) is 0 Å². The first kappa shape index (κ1) is 11.1. The van der Waals surface area contributed by atoms with Crippen molar-refractivity contribution < 1.29 is 0 Å². The number of hydrogen-bond donors (Lipinski definition) is 2. The van der Waals surface area contributed by atoms with E-state index in [0.717, 1.165) is 0 Å². The molecule has 0 radical (unpaired) electrons. The molecule has 6 nitrogen and oxygen atoms in total. The number of nitrogens with zero attached hydrogens (tertiary/aromatic N) is 2. The summed E-state index contributed by atoms with van der Waals surface area (Å²) < 4.78 is 0.